The van der Waals surface area contributed by atoms with Gasteiger partial charge in [0.1, 0.15) is 0 Å². The zero-order valence-electron chi connectivity index (χ0n) is 5.65. The maximum atomic E-state index is 3.21. The molecular formula is C7H12BrN. The van der Waals surface area contributed by atoms with Gasteiger partial charge in [-0.15, -0.1) is 5.73 Å². The summed E-state index contributed by atoms with van der Waals surface area (Å²) in [4.78, 5) is 1.72. The zero-order valence-corrected chi connectivity index (χ0v) is 7.24. The van der Waals surface area contributed by atoms with E-state index in [2.05, 4.69) is 33.9 Å². The molecule has 0 bridgehead atoms. The second kappa shape index (κ2) is 7.96. The average molecular weight is 190 g/mol. The van der Waals surface area contributed by atoms with E-state index < -0.39 is 0 Å². The third-order valence-electron chi connectivity index (χ3n) is 0.854. The minimum Gasteiger partial charge on any atom is -0.313 e. The molecule has 0 saturated carbocycles. The molecule has 0 aliphatic carbocycles. The van der Waals surface area contributed by atoms with E-state index in [1.54, 1.807) is 4.99 Å². The Morgan fingerprint density at radius 1 is 1.67 bits per heavy atom. The van der Waals surface area contributed by atoms with Gasteiger partial charge in [-0.2, -0.15) is 0 Å². The van der Waals surface area contributed by atoms with Crippen molar-refractivity contribution < 1.29 is 0 Å². The molecule has 0 radical (unpaired) electrons. The van der Waals surface area contributed by atoms with Gasteiger partial charge in [-0.05, 0) is 19.0 Å². The molecule has 0 heterocycles. The highest BCUT2D eigenvalue weighted by Crippen LogP contribution is 1.76. The Labute approximate surface area is 65.0 Å². The summed E-state index contributed by atoms with van der Waals surface area (Å²) >= 11 is 3.12. The summed E-state index contributed by atoms with van der Waals surface area (Å²) in [5.74, 6) is 0. The lowest BCUT2D eigenvalue weighted by molar-refractivity contribution is 0.729. The minimum absolute atomic E-state index is 0.913. The van der Waals surface area contributed by atoms with Crippen LogP contribution in [-0.2, 0) is 0 Å². The fraction of sp³-hybridized carbons (Fsp3) is 0.571. The minimum atomic E-state index is 0.913. The third kappa shape index (κ3) is 7.96. The van der Waals surface area contributed by atoms with Gasteiger partial charge in [0.15, 0.2) is 0 Å². The van der Waals surface area contributed by atoms with E-state index in [1.807, 2.05) is 6.08 Å². The number of hydrogen-bond acceptors (Lipinski definition) is 1. The Balaban J connectivity index is 3.00. The molecule has 1 N–H and O–H groups in total. The van der Waals surface area contributed by atoms with Crippen LogP contribution < -0.4 is 5.32 Å². The molecule has 0 aromatic heterocycles. The van der Waals surface area contributed by atoms with Crippen LogP contribution in [0.5, 0.6) is 0 Å². The van der Waals surface area contributed by atoms with E-state index in [4.69, 9.17) is 0 Å². The monoisotopic (exact) mass is 189 g/mol. The SMILES string of the molecule is CCCNCC=C=CBr. The quantitative estimate of drug-likeness (QED) is 0.528. The second-order valence-corrected chi connectivity index (χ2v) is 2.14. The summed E-state index contributed by atoms with van der Waals surface area (Å²) in [6.07, 6.45) is 3.14. The number of nitrogens with one attached hydrogen (secondary N) is 1. The van der Waals surface area contributed by atoms with Crippen molar-refractivity contribution in [2.75, 3.05) is 13.1 Å². The molecule has 0 aliphatic rings. The van der Waals surface area contributed by atoms with E-state index >= 15 is 0 Å². The van der Waals surface area contributed by atoms with Gasteiger partial charge >= 0.3 is 0 Å². The predicted molar refractivity (Wildman–Crippen MR) is 44.7 cm³/mol. The summed E-state index contributed by atoms with van der Waals surface area (Å²) in [5, 5.41) is 3.21. The lowest BCUT2D eigenvalue weighted by Gasteiger charge is -1.93. The molecule has 0 fully saturated rings. The van der Waals surface area contributed by atoms with Gasteiger partial charge in [0.05, 0.1) is 0 Å². The van der Waals surface area contributed by atoms with Crippen LogP contribution in [0.25, 0.3) is 0 Å². The van der Waals surface area contributed by atoms with Crippen molar-refractivity contribution in [2.24, 2.45) is 0 Å². The van der Waals surface area contributed by atoms with Gasteiger partial charge < -0.3 is 5.32 Å². The van der Waals surface area contributed by atoms with Gasteiger partial charge in [-0.25, -0.2) is 0 Å². The Morgan fingerprint density at radius 3 is 3.00 bits per heavy atom. The maximum absolute atomic E-state index is 3.21. The zero-order chi connectivity index (χ0) is 6.95. The first-order valence-electron chi connectivity index (χ1n) is 3.12. The van der Waals surface area contributed by atoms with Crippen LogP contribution >= 0.6 is 15.9 Å². The van der Waals surface area contributed by atoms with Crippen LogP contribution in [-0.4, -0.2) is 13.1 Å². The average Bonchev–Trinajstić information content (AvgIpc) is 1.89. The first-order chi connectivity index (χ1) is 4.41. The Bertz CT molecular complexity index is 103. The Kier molecular flexibility index (Phi) is 7.92. The Morgan fingerprint density at radius 2 is 2.44 bits per heavy atom. The molecule has 0 saturated heterocycles. The molecule has 0 aliphatic heterocycles. The van der Waals surface area contributed by atoms with Crippen LogP contribution in [0.4, 0.5) is 0 Å². The molecule has 0 rings (SSSR count). The number of halogens is 1. The molecule has 0 spiro atoms. The second-order valence-electron chi connectivity index (χ2n) is 1.68. The van der Waals surface area contributed by atoms with Crippen molar-refractivity contribution in [3.8, 4) is 0 Å². The normalized spacial score (nSPS) is 8.22. The summed E-state index contributed by atoms with van der Waals surface area (Å²) in [6, 6.07) is 0. The van der Waals surface area contributed by atoms with Crippen LogP contribution in [0.1, 0.15) is 13.3 Å². The van der Waals surface area contributed by atoms with E-state index in [-0.39, 0.29) is 0 Å². The van der Waals surface area contributed by atoms with Crippen molar-refractivity contribution in [2.45, 2.75) is 13.3 Å². The lowest BCUT2D eigenvalue weighted by Crippen LogP contribution is -2.13. The van der Waals surface area contributed by atoms with Crippen molar-refractivity contribution in [3.05, 3.63) is 16.8 Å². The molecule has 52 valence electrons. The smallest absolute Gasteiger partial charge is 0.0229 e. The molecule has 1 nitrogen and oxygen atoms in total. The molecule has 0 unspecified atom stereocenters. The highest BCUT2D eigenvalue weighted by Gasteiger charge is 1.75. The van der Waals surface area contributed by atoms with Crippen molar-refractivity contribution in [3.63, 3.8) is 0 Å². The van der Waals surface area contributed by atoms with Gasteiger partial charge in [0.25, 0.3) is 0 Å². The van der Waals surface area contributed by atoms with Crippen molar-refractivity contribution in [1.29, 1.82) is 0 Å². The van der Waals surface area contributed by atoms with E-state index in [9.17, 15) is 0 Å². The molecule has 9 heavy (non-hydrogen) atoms. The largest absolute Gasteiger partial charge is 0.313 e. The van der Waals surface area contributed by atoms with E-state index in [0.29, 0.717) is 0 Å². The maximum Gasteiger partial charge on any atom is 0.0229 e. The topological polar surface area (TPSA) is 12.0 Å². The standard InChI is InChI=1S/C7H12BrN/c1-2-6-9-7-4-3-5-8/h4-5,9H,2,6-7H2,1H3. The molecule has 2 heteroatoms. The highest BCUT2D eigenvalue weighted by molar-refractivity contribution is 9.11. The molecule has 0 amide bonds. The van der Waals surface area contributed by atoms with Crippen LogP contribution in [0.15, 0.2) is 16.8 Å². The highest BCUT2D eigenvalue weighted by atomic mass is 79.9. The van der Waals surface area contributed by atoms with Crippen LogP contribution in [0.3, 0.4) is 0 Å². The van der Waals surface area contributed by atoms with Gasteiger partial charge in [0.2, 0.25) is 0 Å². The first-order valence-corrected chi connectivity index (χ1v) is 4.03. The predicted octanol–water partition coefficient (Wildman–Crippen LogP) is 2.05. The summed E-state index contributed by atoms with van der Waals surface area (Å²) < 4.78 is 0. The van der Waals surface area contributed by atoms with Crippen molar-refractivity contribution in [1.82, 2.24) is 5.32 Å². The third-order valence-corrected chi connectivity index (χ3v) is 1.12. The molecule has 0 aromatic rings. The summed E-state index contributed by atoms with van der Waals surface area (Å²) in [7, 11) is 0. The van der Waals surface area contributed by atoms with Gasteiger partial charge in [-0.3, -0.25) is 0 Å². The molecular weight excluding hydrogens is 178 g/mol. The van der Waals surface area contributed by atoms with Crippen molar-refractivity contribution >= 4 is 15.9 Å². The van der Waals surface area contributed by atoms with Gasteiger partial charge in [-0.1, -0.05) is 22.9 Å². The fourth-order valence-corrected chi connectivity index (χ4v) is 0.641. The summed E-state index contributed by atoms with van der Waals surface area (Å²) in [6.45, 7) is 4.15. The Hall–Kier alpha value is -0.0400. The molecule has 0 aromatic carbocycles. The van der Waals surface area contributed by atoms with Gasteiger partial charge in [0, 0.05) is 11.5 Å². The lowest BCUT2D eigenvalue weighted by atomic mass is 10.5. The van der Waals surface area contributed by atoms with Crippen LogP contribution in [0.2, 0.25) is 0 Å². The van der Waals surface area contributed by atoms with E-state index in [1.165, 1.54) is 6.42 Å². The number of hydrogen-bond donors (Lipinski definition) is 1. The fourth-order valence-electron chi connectivity index (χ4n) is 0.454. The summed E-state index contributed by atoms with van der Waals surface area (Å²) in [5.41, 5.74) is 2.91. The first kappa shape index (κ1) is 8.96. The van der Waals surface area contributed by atoms with E-state index in [0.717, 1.165) is 13.1 Å². The number of rotatable bonds is 4. The molecule has 0 atom stereocenters. The van der Waals surface area contributed by atoms with Crippen LogP contribution in [0, 0.1) is 0 Å².